The van der Waals surface area contributed by atoms with Gasteiger partial charge < -0.3 is 9.57 Å². The predicted molar refractivity (Wildman–Crippen MR) is 135 cm³/mol. The van der Waals surface area contributed by atoms with Crippen LogP contribution in [0, 0.1) is 10.1 Å². The van der Waals surface area contributed by atoms with Crippen molar-refractivity contribution in [3.8, 4) is 11.4 Å². The Bertz CT molecular complexity index is 1520. The molecule has 1 fully saturated rings. The second-order valence-corrected chi connectivity index (χ2v) is 9.48. The zero-order valence-corrected chi connectivity index (χ0v) is 20.1. The van der Waals surface area contributed by atoms with Crippen molar-refractivity contribution in [3.05, 3.63) is 67.0 Å². The first-order valence-corrected chi connectivity index (χ1v) is 12.4. The number of likely N-dealkylation sites (tertiary alicyclic amines) is 1. The number of oxime groups is 1. The molecule has 0 bridgehead atoms. The summed E-state index contributed by atoms with van der Waals surface area (Å²) in [6, 6.07) is 7.42. The van der Waals surface area contributed by atoms with Crippen molar-refractivity contribution in [3.63, 3.8) is 0 Å². The minimum atomic E-state index is -0.598. The molecule has 0 radical (unpaired) electrons. The number of ether oxygens (including phenoxy) is 1. The van der Waals surface area contributed by atoms with Crippen LogP contribution in [0.1, 0.15) is 41.5 Å². The van der Waals surface area contributed by atoms with Crippen LogP contribution in [0.5, 0.6) is 0 Å². The number of piperidine rings is 1. The number of hydrogen-bond donors (Lipinski definition) is 0. The Morgan fingerprint density at radius 3 is 2.76 bits per heavy atom. The van der Waals surface area contributed by atoms with Crippen LogP contribution in [0.15, 0.2) is 34.2 Å². The fourth-order valence-electron chi connectivity index (χ4n) is 5.52. The molecular weight excluding hydrogens is 478 g/mol. The largest absolute Gasteiger partial charge is 0.460 e. The van der Waals surface area contributed by atoms with Crippen LogP contribution >= 0.6 is 0 Å². The Kier molecular flexibility index (Phi) is 5.91. The van der Waals surface area contributed by atoms with Gasteiger partial charge in [0.15, 0.2) is 0 Å². The molecule has 0 spiro atoms. The van der Waals surface area contributed by atoms with Crippen LogP contribution in [0.2, 0.25) is 0 Å². The van der Waals surface area contributed by atoms with E-state index in [1.54, 1.807) is 6.21 Å². The SMILES string of the molecule is O=C1Cc2c([N+](=O)[O-])c3n(c(=O)c2CO1)Cc1c-3nc2ccccc2c1/C=N/OCCN1CCCCC1. The monoisotopic (exact) mass is 503 g/mol. The van der Waals surface area contributed by atoms with E-state index >= 15 is 0 Å². The Morgan fingerprint density at radius 2 is 1.95 bits per heavy atom. The quantitative estimate of drug-likeness (QED) is 0.129. The number of para-hydroxylation sites is 1. The van der Waals surface area contributed by atoms with Gasteiger partial charge in [-0.15, -0.1) is 0 Å². The predicted octanol–water partition coefficient (Wildman–Crippen LogP) is 2.77. The van der Waals surface area contributed by atoms with Crippen molar-refractivity contribution >= 4 is 28.8 Å². The first-order chi connectivity index (χ1) is 18.0. The minimum absolute atomic E-state index is 0.0958. The number of cyclic esters (lactones) is 1. The Labute approximate surface area is 211 Å². The normalized spacial score (nSPS) is 16.9. The summed E-state index contributed by atoms with van der Waals surface area (Å²) in [6.45, 7) is 3.21. The maximum Gasteiger partial charge on any atom is 0.310 e. The highest BCUT2D eigenvalue weighted by molar-refractivity contribution is 6.03. The molecule has 0 amide bonds. The van der Waals surface area contributed by atoms with Crippen molar-refractivity contribution in [1.29, 1.82) is 0 Å². The van der Waals surface area contributed by atoms with E-state index in [0.717, 1.165) is 25.0 Å². The number of pyridine rings is 2. The van der Waals surface area contributed by atoms with Gasteiger partial charge in [0, 0.05) is 23.1 Å². The third-order valence-corrected chi connectivity index (χ3v) is 7.31. The van der Waals surface area contributed by atoms with Gasteiger partial charge in [0.05, 0.1) is 40.7 Å². The summed E-state index contributed by atoms with van der Waals surface area (Å²) in [4.78, 5) is 49.7. The van der Waals surface area contributed by atoms with E-state index in [0.29, 0.717) is 28.9 Å². The molecule has 5 heterocycles. The van der Waals surface area contributed by atoms with Gasteiger partial charge in [-0.1, -0.05) is 29.8 Å². The number of carbonyl (C=O) groups is 1. The first-order valence-electron chi connectivity index (χ1n) is 12.4. The molecule has 2 aromatic heterocycles. The summed E-state index contributed by atoms with van der Waals surface area (Å²) in [6.07, 6.45) is 4.96. The van der Waals surface area contributed by atoms with E-state index < -0.39 is 16.5 Å². The first kappa shape index (κ1) is 23.3. The van der Waals surface area contributed by atoms with Crippen molar-refractivity contribution in [2.45, 2.75) is 38.8 Å². The van der Waals surface area contributed by atoms with Crippen molar-refractivity contribution in [2.75, 3.05) is 26.2 Å². The van der Waals surface area contributed by atoms with E-state index in [2.05, 4.69) is 10.1 Å². The summed E-state index contributed by atoms with van der Waals surface area (Å²) in [5.74, 6) is -0.598. The van der Waals surface area contributed by atoms with Gasteiger partial charge in [-0.3, -0.25) is 29.2 Å². The number of benzene rings is 1. The minimum Gasteiger partial charge on any atom is -0.460 e. The number of nitro groups is 1. The number of hydrogen-bond acceptors (Lipinski definition) is 9. The third kappa shape index (κ3) is 4.05. The van der Waals surface area contributed by atoms with Crippen LogP contribution in [0.3, 0.4) is 0 Å². The lowest BCUT2D eigenvalue weighted by Crippen LogP contribution is -2.32. The van der Waals surface area contributed by atoms with E-state index in [9.17, 15) is 19.7 Å². The zero-order valence-electron chi connectivity index (χ0n) is 20.1. The molecule has 0 unspecified atom stereocenters. The van der Waals surface area contributed by atoms with Gasteiger partial charge in [-0.25, -0.2) is 4.98 Å². The number of aromatic nitrogens is 2. The molecule has 3 aromatic rings. The van der Waals surface area contributed by atoms with Crippen LogP contribution in [0.4, 0.5) is 5.69 Å². The molecule has 0 aliphatic carbocycles. The van der Waals surface area contributed by atoms with E-state index in [1.807, 2.05) is 24.3 Å². The zero-order chi connectivity index (χ0) is 25.5. The average Bonchev–Trinajstić information content (AvgIpc) is 3.27. The fourth-order valence-corrected chi connectivity index (χ4v) is 5.52. The molecule has 0 atom stereocenters. The fraction of sp³-hybridized carbons (Fsp3) is 0.385. The molecule has 3 aliphatic heterocycles. The molecule has 1 saturated heterocycles. The molecule has 190 valence electrons. The van der Waals surface area contributed by atoms with E-state index in [4.69, 9.17) is 14.6 Å². The highest BCUT2D eigenvalue weighted by atomic mass is 16.6. The van der Waals surface area contributed by atoms with Crippen LogP contribution < -0.4 is 5.56 Å². The standard InChI is InChI=1S/C26H25N5O6/c32-22-12-17-20(15-36-22)26(33)30-14-19-18(13-27-37-11-10-29-8-4-1-5-9-29)16-6-2-3-7-21(16)28-23(19)25(30)24(17)31(34)35/h2-3,6-7,13H,1,4-5,8-12,14-15H2/b27-13+. The van der Waals surface area contributed by atoms with Gasteiger partial charge in [-0.05, 0) is 32.0 Å². The number of nitrogens with zero attached hydrogens (tertiary/aromatic N) is 5. The Morgan fingerprint density at radius 1 is 1.14 bits per heavy atom. The van der Waals surface area contributed by atoms with Gasteiger partial charge >= 0.3 is 5.97 Å². The number of fused-ring (bicyclic) bond motifs is 5. The molecule has 0 saturated carbocycles. The molecule has 3 aliphatic rings. The smallest absolute Gasteiger partial charge is 0.310 e. The Balaban J connectivity index is 1.42. The topological polar surface area (TPSA) is 129 Å². The van der Waals surface area contributed by atoms with Crippen molar-refractivity contribution in [2.24, 2.45) is 5.16 Å². The van der Waals surface area contributed by atoms with Gasteiger partial charge in [0.2, 0.25) is 0 Å². The molecule has 1 aromatic carbocycles. The lowest BCUT2D eigenvalue weighted by atomic mass is 9.98. The van der Waals surface area contributed by atoms with Gasteiger partial charge in [0.25, 0.3) is 11.2 Å². The maximum absolute atomic E-state index is 13.4. The van der Waals surface area contributed by atoms with Gasteiger partial charge in [-0.2, -0.15) is 0 Å². The highest BCUT2D eigenvalue weighted by Gasteiger charge is 2.39. The molecule has 37 heavy (non-hydrogen) atoms. The summed E-state index contributed by atoms with van der Waals surface area (Å²) in [7, 11) is 0. The van der Waals surface area contributed by atoms with Crippen molar-refractivity contribution in [1.82, 2.24) is 14.5 Å². The summed E-state index contributed by atoms with van der Waals surface area (Å²) < 4.78 is 6.39. The lowest BCUT2D eigenvalue weighted by Gasteiger charge is -2.25. The number of esters is 1. The lowest BCUT2D eigenvalue weighted by molar-refractivity contribution is -0.385. The third-order valence-electron chi connectivity index (χ3n) is 7.31. The molecule has 11 heteroatoms. The highest BCUT2D eigenvalue weighted by Crippen LogP contribution is 2.42. The molecule has 11 nitrogen and oxygen atoms in total. The van der Waals surface area contributed by atoms with Gasteiger partial charge in [0.1, 0.15) is 24.6 Å². The molecule has 6 rings (SSSR count). The summed E-state index contributed by atoms with van der Waals surface area (Å²) in [5, 5.41) is 17.3. The second-order valence-electron chi connectivity index (χ2n) is 9.48. The number of rotatable bonds is 6. The van der Waals surface area contributed by atoms with Crippen molar-refractivity contribution < 1.29 is 19.3 Å². The average molecular weight is 504 g/mol. The maximum atomic E-state index is 13.4. The van der Waals surface area contributed by atoms with Crippen LogP contribution in [0.25, 0.3) is 22.3 Å². The van der Waals surface area contributed by atoms with E-state index in [1.165, 1.54) is 23.8 Å². The van der Waals surface area contributed by atoms with Crippen LogP contribution in [-0.4, -0.2) is 57.8 Å². The van der Waals surface area contributed by atoms with E-state index in [-0.39, 0.29) is 42.1 Å². The molecule has 0 N–H and O–H groups in total. The summed E-state index contributed by atoms with van der Waals surface area (Å²) >= 11 is 0. The second kappa shape index (κ2) is 9.40. The van der Waals surface area contributed by atoms with Crippen LogP contribution in [-0.2, 0) is 33.9 Å². The molecular formula is C26H25N5O6. The number of carbonyl (C=O) groups excluding carboxylic acids is 1. The Hall–Kier alpha value is -4.12. The summed E-state index contributed by atoms with van der Waals surface area (Å²) in [5.41, 5.74) is 1.99.